The molecule has 38 nitrogen and oxygen atoms in total. The topological polar surface area (TPSA) is 513 Å². The van der Waals surface area contributed by atoms with Crippen LogP contribution >= 0.6 is 0 Å². The van der Waals surface area contributed by atoms with E-state index in [1.54, 1.807) is 187 Å². The number of esters is 9. The van der Waals surface area contributed by atoms with Gasteiger partial charge in [0, 0.05) is 116 Å². The van der Waals surface area contributed by atoms with Crippen LogP contribution in [0.2, 0.25) is 0 Å². The molecule has 0 bridgehead atoms. The van der Waals surface area contributed by atoms with E-state index < -0.39 is 259 Å². The Morgan fingerprint density at radius 3 is 0.598 bits per heavy atom. The average Bonchev–Trinajstić information content (AvgIpc) is 0.827. The molecule has 0 heterocycles. The van der Waals surface area contributed by atoms with Crippen molar-refractivity contribution in [3.63, 3.8) is 0 Å². The Bertz CT molecular complexity index is 2970. The van der Waals surface area contributed by atoms with Gasteiger partial charge in [-0.05, 0) is 187 Å². The predicted molar refractivity (Wildman–Crippen MR) is 463 cm³/mol. The van der Waals surface area contributed by atoms with Gasteiger partial charge in [-0.15, -0.1) is 0 Å². The van der Waals surface area contributed by atoms with Crippen molar-refractivity contribution in [1.29, 1.82) is 0 Å². The first kappa shape index (κ1) is 124. The third kappa shape index (κ3) is 54.0. The zero-order valence-corrected chi connectivity index (χ0v) is 83.2. The van der Waals surface area contributed by atoms with E-state index in [1.807, 2.05) is 0 Å². The molecule has 1 radical (unpaired) electrons. The van der Waals surface area contributed by atoms with Crippen LogP contribution in [0.3, 0.4) is 0 Å². The Hall–Kier alpha value is -7.62. The molecular formula is C88H156N8O30Y. The minimum Gasteiger partial charge on any atom is -0.464 e. The Morgan fingerprint density at radius 2 is 0.402 bits per heavy atom. The van der Waals surface area contributed by atoms with E-state index in [0.29, 0.717) is 0 Å². The van der Waals surface area contributed by atoms with Crippen LogP contribution in [-0.2, 0) is 176 Å². The monoisotopic (exact) mass is 1890 g/mol. The normalized spacial score (nSPS) is 12.5. The zero-order chi connectivity index (χ0) is 96.5. The zero-order valence-electron chi connectivity index (χ0n) is 80.3. The number of amides is 7. The molecule has 9 N–H and O–H groups in total. The summed E-state index contributed by atoms with van der Waals surface area (Å²) in [6.07, 6.45) is -1.15. The van der Waals surface area contributed by atoms with Gasteiger partial charge in [0.1, 0.15) is 79.3 Å². The van der Waals surface area contributed by atoms with E-state index in [4.69, 9.17) is 72.0 Å². The molecule has 0 aliphatic carbocycles. The van der Waals surface area contributed by atoms with E-state index in [1.165, 1.54) is 0 Å². The molecule has 0 atom stereocenters. The molecule has 0 aliphatic heterocycles. The van der Waals surface area contributed by atoms with Crippen LogP contribution < -0.4 is 43.0 Å². The molecule has 7 amide bonds. The fraction of sp³-hybridized carbons (Fsp3) is 0.818. The maximum absolute atomic E-state index is 14.0. The maximum atomic E-state index is 14.0. The van der Waals surface area contributed by atoms with Gasteiger partial charge in [0.2, 0.25) is 41.4 Å². The van der Waals surface area contributed by atoms with Crippen molar-refractivity contribution in [3.8, 4) is 0 Å². The van der Waals surface area contributed by atoms with Crippen LogP contribution in [0.5, 0.6) is 0 Å². The molecule has 0 rings (SSSR count). The standard InChI is InChI=1S/C87H152N8O30.CH4.Y/c1-75(2,3)66(103)117-50-85(51-118-67(104)76(4,5)6,52-119-68(105)77(7,8)9)47-114-40-63(100)89-33-28-59(96)93-43-84(46-113-39-36-92-62(99)31-37-112-38-32-88,44-94-60(97)29-34-90-64(101)41-115-48-86(53-120-69(106)78(10,11)12,54-121-70(107)79(13,14)15)55-122-71(108)80(16,17)18)45-95-61(98)30-35-91-65(102)42-116-49-87(56-123-72(109)81(19,20)21,57-124-73(110)82(22,23)24)58-125-74(111)83(25,26)27;;/h28-58,88H2,1-27H3,(H,89,100)(H,90,101)(H,91,102)(H,92,99)(H,93,96)(H,94,97)(H,95,98);1H4;. The molecule has 0 aromatic carbocycles. The molecule has 39 heteroatoms. The number of ether oxygens (including phenoxy) is 14. The van der Waals surface area contributed by atoms with Crippen molar-refractivity contribution in [2.24, 2.45) is 76.1 Å². The van der Waals surface area contributed by atoms with Crippen molar-refractivity contribution in [3.05, 3.63) is 0 Å². The number of carbonyl (C=O) groups excluding carboxylic acids is 16. The molecule has 0 aromatic rings. The molecule has 0 spiro atoms. The second-order valence-electron chi connectivity index (χ2n) is 41.1. The van der Waals surface area contributed by atoms with Gasteiger partial charge in [0.15, 0.2) is 0 Å². The SMILES string of the molecule is C.CC(C)(C)C(=O)OCC(COCC(=O)NCCC(=O)NCC(CNC(=O)CCNC(=O)COCC(COC(=O)C(C)(C)C)(COC(=O)C(C)(C)C)COC(=O)C(C)(C)C)(CNC(=O)CCNC(=O)COCC(COC(=O)C(C)(C)C)(COC(=O)C(C)(C)C)COC(=O)C(C)(C)C)COCCNC(=O)CCOCCN)(COC(=O)C(C)(C)C)COC(=O)C(C)(C)C.[Y]. The Morgan fingerprint density at radius 1 is 0.213 bits per heavy atom. The first-order valence-electron chi connectivity index (χ1n) is 42.1. The molecule has 0 unspecified atom stereocenters. The number of carbonyl (C=O) groups is 16. The van der Waals surface area contributed by atoms with Crippen LogP contribution in [0, 0.1) is 70.4 Å². The second-order valence-corrected chi connectivity index (χ2v) is 41.1. The number of hydrogen-bond acceptors (Lipinski definition) is 31. The minimum atomic E-state index is -1.53. The number of nitrogens with two attached hydrogens (primary N) is 1. The van der Waals surface area contributed by atoms with E-state index in [2.05, 4.69) is 37.2 Å². The smallest absolute Gasteiger partial charge is 0.311 e. The summed E-state index contributed by atoms with van der Waals surface area (Å²) in [5.41, 5.74) is -9.41. The van der Waals surface area contributed by atoms with Crippen LogP contribution in [0.1, 0.15) is 220 Å². The molecule has 0 aromatic heterocycles. The van der Waals surface area contributed by atoms with Crippen molar-refractivity contribution in [2.45, 2.75) is 220 Å². The number of hydrogen-bond donors (Lipinski definition) is 8. The Kier molecular flexibility index (Phi) is 54.7. The second kappa shape index (κ2) is 56.2. The summed E-state index contributed by atoms with van der Waals surface area (Å²) in [4.78, 5) is 213. The van der Waals surface area contributed by atoms with Gasteiger partial charge in [-0.25, -0.2) is 0 Å². The van der Waals surface area contributed by atoms with Gasteiger partial charge in [-0.3, -0.25) is 76.7 Å². The van der Waals surface area contributed by atoms with Gasteiger partial charge in [0.05, 0.1) is 111 Å². The van der Waals surface area contributed by atoms with Gasteiger partial charge >= 0.3 is 53.7 Å². The number of rotatable bonds is 55. The Balaban J connectivity index is -0.0000769. The van der Waals surface area contributed by atoms with Gasteiger partial charge < -0.3 is 109 Å². The van der Waals surface area contributed by atoms with Crippen LogP contribution in [-0.4, -0.2) is 273 Å². The average molecular weight is 1900 g/mol. The summed E-state index contributed by atoms with van der Waals surface area (Å²) in [5, 5.41) is 18.8. The fourth-order valence-corrected chi connectivity index (χ4v) is 9.30. The first-order chi connectivity index (χ1) is 57.1. The van der Waals surface area contributed by atoms with E-state index in [0.717, 1.165) is 0 Å². The first-order valence-corrected chi connectivity index (χ1v) is 42.1. The summed E-state index contributed by atoms with van der Waals surface area (Å²) < 4.78 is 80.3. The van der Waals surface area contributed by atoms with E-state index in [9.17, 15) is 76.7 Å². The maximum Gasteiger partial charge on any atom is 0.311 e. The summed E-state index contributed by atoms with van der Waals surface area (Å²) in [7, 11) is 0. The quantitative estimate of drug-likeness (QED) is 0.0218. The van der Waals surface area contributed by atoms with E-state index >= 15 is 0 Å². The van der Waals surface area contributed by atoms with Crippen LogP contribution in [0.25, 0.3) is 0 Å². The molecule has 0 saturated heterocycles. The van der Waals surface area contributed by atoms with Crippen LogP contribution in [0.15, 0.2) is 0 Å². The van der Waals surface area contributed by atoms with E-state index in [-0.39, 0.29) is 151 Å². The van der Waals surface area contributed by atoms with Crippen molar-refractivity contribution < 1.29 is 176 Å². The molecule has 0 fully saturated rings. The molecule has 0 saturated carbocycles. The largest absolute Gasteiger partial charge is 0.464 e. The minimum absolute atomic E-state index is 0. The van der Waals surface area contributed by atoms with Crippen molar-refractivity contribution in [1.82, 2.24) is 37.2 Å². The molecule has 0 aliphatic rings. The van der Waals surface area contributed by atoms with Crippen molar-refractivity contribution in [2.75, 3.05) is 178 Å². The van der Waals surface area contributed by atoms with Crippen LogP contribution in [0.4, 0.5) is 0 Å². The summed E-state index contributed by atoms with van der Waals surface area (Å²) >= 11 is 0. The molecule has 127 heavy (non-hydrogen) atoms. The number of nitrogens with one attached hydrogen (secondary N) is 7. The van der Waals surface area contributed by atoms with Crippen molar-refractivity contribution >= 4 is 95.1 Å². The molecule has 731 valence electrons. The van der Waals surface area contributed by atoms with Gasteiger partial charge in [-0.1, -0.05) is 7.43 Å². The fourth-order valence-electron chi connectivity index (χ4n) is 9.30. The summed E-state index contributed by atoms with van der Waals surface area (Å²) in [6, 6.07) is 0. The van der Waals surface area contributed by atoms with Gasteiger partial charge in [-0.2, -0.15) is 0 Å². The molecular weight excluding hydrogens is 1740 g/mol. The summed E-state index contributed by atoms with van der Waals surface area (Å²) in [6.45, 7) is 34.3. The summed E-state index contributed by atoms with van der Waals surface area (Å²) in [5.74, 6) is -10.3. The van der Waals surface area contributed by atoms with Gasteiger partial charge in [0.25, 0.3) is 0 Å². The third-order valence-corrected chi connectivity index (χ3v) is 17.7. The predicted octanol–water partition coefficient (Wildman–Crippen LogP) is 5.28. The Labute approximate surface area is 777 Å². The third-order valence-electron chi connectivity index (χ3n) is 17.7.